The number of nitrogens with two attached hydrogens (primary N) is 2. The number of oxazole rings is 1. The molecule has 134 valence electrons. The molecule has 8 heteroatoms. The molecule has 1 aromatic heterocycles. The summed E-state index contributed by atoms with van der Waals surface area (Å²) >= 11 is 0. The lowest BCUT2D eigenvalue weighted by Crippen LogP contribution is -2.46. The summed E-state index contributed by atoms with van der Waals surface area (Å²) in [5, 5.41) is 2.49. The lowest BCUT2D eigenvalue weighted by molar-refractivity contribution is -0.133. The van der Waals surface area contributed by atoms with E-state index in [1.165, 1.54) is 0 Å². The van der Waals surface area contributed by atoms with E-state index in [0.717, 1.165) is 11.5 Å². The van der Waals surface area contributed by atoms with Crippen LogP contribution in [-0.2, 0) is 23.2 Å². The summed E-state index contributed by atoms with van der Waals surface area (Å²) in [5.41, 5.74) is 11.6. The van der Waals surface area contributed by atoms with E-state index in [1.807, 2.05) is 20.8 Å². The number of amides is 3. The summed E-state index contributed by atoms with van der Waals surface area (Å²) in [5.74, 6) is 1.46. The predicted molar refractivity (Wildman–Crippen MR) is 89.1 cm³/mol. The Morgan fingerprint density at radius 1 is 1.42 bits per heavy atom. The van der Waals surface area contributed by atoms with Gasteiger partial charge in [-0.3, -0.25) is 4.79 Å². The van der Waals surface area contributed by atoms with Crippen LogP contribution in [0.3, 0.4) is 0 Å². The molecule has 0 unspecified atom stereocenters. The number of aromatic nitrogens is 1. The maximum atomic E-state index is 12.5. The summed E-state index contributed by atoms with van der Waals surface area (Å²) in [7, 11) is 0. The van der Waals surface area contributed by atoms with Gasteiger partial charge in [0.15, 0.2) is 5.89 Å². The van der Waals surface area contributed by atoms with Crippen molar-refractivity contribution in [2.24, 2.45) is 11.5 Å². The summed E-state index contributed by atoms with van der Waals surface area (Å²) in [6.45, 7) is 7.56. The van der Waals surface area contributed by atoms with Gasteiger partial charge in [0.2, 0.25) is 5.91 Å². The molecule has 8 nitrogen and oxygen atoms in total. The Bertz CT molecular complexity index is 605. The van der Waals surface area contributed by atoms with Gasteiger partial charge in [-0.25, -0.2) is 9.78 Å². The fraction of sp³-hybridized carbons (Fsp3) is 0.688. The zero-order chi connectivity index (χ0) is 17.9. The molecule has 24 heavy (non-hydrogen) atoms. The number of fused-ring (bicyclic) bond motifs is 1. The lowest BCUT2D eigenvalue weighted by Gasteiger charge is -2.28. The summed E-state index contributed by atoms with van der Waals surface area (Å²) in [6.07, 6.45) is 1.75. The largest absolute Gasteiger partial charge is 0.445 e. The number of carbonyl (C=O) groups excluding carboxylic acids is 2. The highest BCUT2D eigenvalue weighted by Gasteiger charge is 2.30. The minimum atomic E-state index is -0.588. The van der Waals surface area contributed by atoms with Gasteiger partial charge < -0.3 is 26.1 Å². The molecule has 1 aliphatic heterocycles. The normalized spacial score (nSPS) is 15.8. The SMILES string of the molecule is CC(C)(C)c1nc2c(o1)CCN(C(=O)[C@@H](N)CCCNC(N)=O)C2. The van der Waals surface area contributed by atoms with Crippen molar-refractivity contribution in [2.75, 3.05) is 13.1 Å². The first-order chi connectivity index (χ1) is 11.2. The average Bonchev–Trinajstić information content (AvgIpc) is 2.93. The van der Waals surface area contributed by atoms with Gasteiger partial charge in [-0.1, -0.05) is 20.8 Å². The number of carbonyl (C=O) groups is 2. The Balaban J connectivity index is 1.90. The van der Waals surface area contributed by atoms with Gasteiger partial charge in [-0.15, -0.1) is 0 Å². The highest BCUT2D eigenvalue weighted by Crippen LogP contribution is 2.27. The van der Waals surface area contributed by atoms with Crippen LogP contribution in [0.5, 0.6) is 0 Å². The molecule has 1 aliphatic rings. The van der Waals surface area contributed by atoms with Gasteiger partial charge in [-0.05, 0) is 12.8 Å². The molecule has 0 fully saturated rings. The van der Waals surface area contributed by atoms with Gasteiger partial charge in [0.1, 0.15) is 11.5 Å². The molecule has 0 saturated carbocycles. The minimum absolute atomic E-state index is 0.0972. The third kappa shape index (κ3) is 4.47. The smallest absolute Gasteiger partial charge is 0.312 e. The Morgan fingerprint density at radius 2 is 2.12 bits per heavy atom. The van der Waals surface area contributed by atoms with Crippen molar-refractivity contribution in [1.29, 1.82) is 0 Å². The standard InChI is InChI=1S/C16H27N5O3/c1-16(2,3)14-20-11-9-21(8-6-12(11)24-14)13(22)10(17)5-4-7-19-15(18)23/h10H,4-9,17H2,1-3H3,(H3,18,19,23)/t10-/m0/s1. The second-order valence-electron chi connectivity index (χ2n) is 7.19. The van der Waals surface area contributed by atoms with Crippen LogP contribution < -0.4 is 16.8 Å². The van der Waals surface area contributed by atoms with Crippen LogP contribution in [0.1, 0.15) is 51.0 Å². The molecule has 2 heterocycles. The van der Waals surface area contributed by atoms with Crippen molar-refractivity contribution in [3.8, 4) is 0 Å². The van der Waals surface area contributed by atoms with E-state index in [1.54, 1.807) is 4.90 Å². The zero-order valence-corrected chi connectivity index (χ0v) is 14.6. The van der Waals surface area contributed by atoms with E-state index in [4.69, 9.17) is 15.9 Å². The van der Waals surface area contributed by atoms with Crippen LogP contribution in [0, 0.1) is 0 Å². The highest BCUT2D eigenvalue weighted by molar-refractivity contribution is 5.81. The van der Waals surface area contributed by atoms with Crippen molar-refractivity contribution >= 4 is 11.9 Å². The topological polar surface area (TPSA) is 127 Å². The molecule has 0 spiro atoms. The van der Waals surface area contributed by atoms with Crippen molar-refractivity contribution in [2.45, 2.75) is 58.0 Å². The molecule has 2 rings (SSSR count). The van der Waals surface area contributed by atoms with Gasteiger partial charge >= 0.3 is 6.03 Å². The van der Waals surface area contributed by atoms with Gasteiger partial charge in [0.05, 0.1) is 12.6 Å². The number of hydrogen-bond donors (Lipinski definition) is 3. The van der Waals surface area contributed by atoms with Crippen LogP contribution in [-0.4, -0.2) is 41.0 Å². The van der Waals surface area contributed by atoms with Gasteiger partial charge in [0, 0.05) is 24.9 Å². The summed E-state index contributed by atoms with van der Waals surface area (Å²) in [4.78, 5) is 29.3. The van der Waals surface area contributed by atoms with Crippen LogP contribution in [0.25, 0.3) is 0 Å². The van der Waals surface area contributed by atoms with Crippen molar-refractivity contribution in [3.05, 3.63) is 17.3 Å². The van der Waals surface area contributed by atoms with E-state index in [-0.39, 0.29) is 11.3 Å². The van der Waals surface area contributed by atoms with Crippen molar-refractivity contribution < 1.29 is 14.0 Å². The maximum absolute atomic E-state index is 12.5. The second kappa shape index (κ2) is 7.21. The number of nitrogens with one attached hydrogen (secondary N) is 1. The fourth-order valence-corrected chi connectivity index (χ4v) is 2.60. The van der Waals surface area contributed by atoms with E-state index >= 15 is 0 Å². The van der Waals surface area contributed by atoms with E-state index in [9.17, 15) is 9.59 Å². The van der Waals surface area contributed by atoms with Crippen LogP contribution in [0.2, 0.25) is 0 Å². The number of primary amides is 1. The summed E-state index contributed by atoms with van der Waals surface area (Å²) < 4.78 is 5.83. The molecule has 1 aromatic rings. The number of rotatable bonds is 5. The quantitative estimate of drug-likeness (QED) is 0.679. The summed E-state index contributed by atoms with van der Waals surface area (Å²) in [6, 6.07) is -1.16. The fourth-order valence-electron chi connectivity index (χ4n) is 2.60. The molecule has 1 atom stereocenters. The molecule has 0 aliphatic carbocycles. The third-order valence-corrected chi connectivity index (χ3v) is 3.99. The van der Waals surface area contributed by atoms with E-state index in [2.05, 4.69) is 10.3 Å². The molecule has 0 saturated heterocycles. The molecule has 0 aromatic carbocycles. The van der Waals surface area contributed by atoms with Crippen LogP contribution in [0.15, 0.2) is 4.42 Å². The third-order valence-electron chi connectivity index (χ3n) is 3.99. The zero-order valence-electron chi connectivity index (χ0n) is 14.6. The Labute approximate surface area is 141 Å². The second-order valence-corrected chi connectivity index (χ2v) is 7.19. The van der Waals surface area contributed by atoms with E-state index in [0.29, 0.717) is 44.8 Å². The Morgan fingerprint density at radius 3 is 2.75 bits per heavy atom. The minimum Gasteiger partial charge on any atom is -0.445 e. The molecule has 3 amide bonds. The average molecular weight is 337 g/mol. The molecule has 0 bridgehead atoms. The molecule has 5 N–H and O–H groups in total. The molecular weight excluding hydrogens is 310 g/mol. The Hall–Kier alpha value is -2.09. The first-order valence-electron chi connectivity index (χ1n) is 8.25. The first-order valence-corrected chi connectivity index (χ1v) is 8.25. The van der Waals surface area contributed by atoms with Gasteiger partial charge in [-0.2, -0.15) is 0 Å². The van der Waals surface area contributed by atoms with E-state index < -0.39 is 12.1 Å². The Kier molecular flexibility index (Phi) is 5.48. The monoisotopic (exact) mass is 337 g/mol. The highest BCUT2D eigenvalue weighted by atomic mass is 16.4. The predicted octanol–water partition coefficient (Wildman–Crippen LogP) is 0.633. The molecular formula is C16H27N5O3. The van der Waals surface area contributed by atoms with Crippen molar-refractivity contribution in [1.82, 2.24) is 15.2 Å². The lowest BCUT2D eigenvalue weighted by atomic mass is 9.97. The number of nitrogens with zero attached hydrogens (tertiary/aromatic N) is 2. The molecule has 0 radical (unpaired) electrons. The number of hydrogen-bond acceptors (Lipinski definition) is 5. The maximum Gasteiger partial charge on any atom is 0.312 e. The van der Waals surface area contributed by atoms with Crippen molar-refractivity contribution in [3.63, 3.8) is 0 Å². The van der Waals surface area contributed by atoms with Crippen LogP contribution >= 0.6 is 0 Å². The first kappa shape index (κ1) is 18.3. The van der Waals surface area contributed by atoms with Crippen LogP contribution in [0.4, 0.5) is 4.79 Å². The van der Waals surface area contributed by atoms with Gasteiger partial charge in [0.25, 0.3) is 0 Å². The number of urea groups is 1.